The van der Waals surface area contributed by atoms with Gasteiger partial charge in [-0.2, -0.15) is 0 Å². The van der Waals surface area contributed by atoms with Crippen molar-refractivity contribution in [3.05, 3.63) is 59.9 Å². The van der Waals surface area contributed by atoms with Crippen LogP contribution in [0.2, 0.25) is 0 Å². The van der Waals surface area contributed by atoms with Gasteiger partial charge in [0.2, 0.25) is 0 Å². The number of hydrogen-bond donors (Lipinski definition) is 3. The molecule has 22 heavy (non-hydrogen) atoms. The van der Waals surface area contributed by atoms with Crippen LogP contribution >= 0.6 is 0 Å². The average molecular weight is 298 g/mol. The molecule has 0 bridgehead atoms. The molecule has 0 saturated carbocycles. The third-order valence-corrected chi connectivity index (χ3v) is 3.01. The van der Waals surface area contributed by atoms with Crippen molar-refractivity contribution >= 4 is 11.7 Å². The van der Waals surface area contributed by atoms with Crippen molar-refractivity contribution in [1.29, 1.82) is 0 Å². The first-order chi connectivity index (χ1) is 10.6. The third kappa shape index (κ3) is 5.54. The topological polar surface area (TPSA) is 66.1 Å². The predicted octanol–water partition coefficient (Wildman–Crippen LogP) is 2.90. The Morgan fingerprint density at radius 2 is 1.82 bits per heavy atom. The standard InChI is InChI=1S/C17H22N4O/c1-13(2)20-17(22)21-16-7-5-14(6-8-16)10-19-12-15-4-3-9-18-11-15/h3-9,11,13,19H,10,12H2,1-2H3,(H2,20,21,22). The lowest BCUT2D eigenvalue weighted by Crippen LogP contribution is -2.34. The summed E-state index contributed by atoms with van der Waals surface area (Å²) < 4.78 is 0. The number of amides is 2. The molecule has 0 aliphatic rings. The van der Waals surface area contributed by atoms with Crippen molar-refractivity contribution in [2.45, 2.75) is 33.0 Å². The van der Waals surface area contributed by atoms with Gasteiger partial charge >= 0.3 is 6.03 Å². The Labute approximate surface area is 131 Å². The summed E-state index contributed by atoms with van der Waals surface area (Å²) in [6, 6.07) is 11.7. The van der Waals surface area contributed by atoms with Crippen molar-refractivity contribution in [1.82, 2.24) is 15.6 Å². The summed E-state index contributed by atoms with van der Waals surface area (Å²) in [6.07, 6.45) is 3.62. The molecule has 116 valence electrons. The minimum atomic E-state index is -0.183. The largest absolute Gasteiger partial charge is 0.336 e. The highest BCUT2D eigenvalue weighted by atomic mass is 16.2. The van der Waals surface area contributed by atoms with Gasteiger partial charge in [-0.3, -0.25) is 4.98 Å². The van der Waals surface area contributed by atoms with E-state index in [1.54, 1.807) is 6.20 Å². The van der Waals surface area contributed by atoms with Crippen molar-refractivity contribution in [2.75, 3.05) is 5.32 Å². The van der Waals surface area contributed by atoms with E-state index >= 15 is 0 Å². The molecule has 0 aliphatic heterocycles. The fourth-order valence-electron chi connectivity index (χ4n) is 1.99. The maximum absolute atomic E-state index is 11.6. The Kier molecular flexibility index (Phi) is 5.91. The zero-order valence-electron chi connectivity index (χ0n) is 13.0. The number of hydrogen-bond acceptors (Lipinski definition) is 3. The second-order valence-electron chi connectivity index (χ2n) is 5.41. The van der Waals surface area contributed by atoms with Gasteiger partial charge in [0, 0.05) is 37.2 Å². The van der Waals surface area contributed by atoms with Crippen molar-refractivity contribution in [3.63, 3.8) is 0 Å². The molecule has 0 fully saturated rings. The van der Waals surface area contributed by atoms with E-state index in [4.69, 9.17) is 0 Å². The Morgan fingerprint density at radius 3 is 2.45 bits per heavy atom. The third-order valence-electron chi connectivity index (χ3n) is 3.01. The van der Waals surface area contributed by atoms with E-state index in [0.717, 1.165) is 24.3 Å². The van der Waals surface area contributed by atoms with Crippen LogP contribution in [0.1, 0.15) is 25.0 Å². The van der Waals surface area contributed by atoms with Gasteiger partial charge in [-0.05, 0) is 43.2 Å². The van der Waals surface area contributed by atoms with Crippen molar-refractivity contribution in [3.8, 4) is 0 Å². The van der Waals surface area contributed by atoms with Crippen LogP contribution in [0.25, 0.3) is 0 Å². The van der Waals surface area contributed by atoms with Crippen LogP contribution in [0.3, 0.4) is 0 Å². The Balaban J connectivity index is 1.78. The van der Waals surface area contributed by atoms with E-state index in [0.29, 0.717) is 0 Å². The number of nitrogens with one attached hydrogen (secondary N) is 3. The zero-order chi connectivity index (χ0) is 15.8. The zero-order valence-corrected chi connectivity index (χ0v) is 13.0. The first-order valence-corrected chi connectivity index (χ1v) is 7.39. The fourth-order valence-corrected chi connectivity index (χ4v) is 1.99. The summed E-state index contributed by atoms with van der Waals surface area (Å²) in [7, 11) is 0. The summed E-state index contributed by atoms with van der Waals surface area (Å²) in [4.78, 5) is 15.7. The monoisotopic (exact) mass is 298 g/mol. The van der Waals surface area contributed by atoms with E-state index in [9.17, 15) is 4.79 Å². The SMILES string of the molecule is CC(C)NC(=O)Nc1ccc(CNCc2cccnc2)cc1. The number of urea groups is 1. The normalized spacial score (nSPS) is 10.5. The first kappa shape index (κ1) is 16.0. The van der Waals surface area contributed by atoms with Gasteiger partial charge in [-0.25, -0.2) is 4.79 Å². The molecular formula is C17H22N4O. The fraction of sp³-hybridized carbons (Fsp3) is 0.294. The molecule has 0 aliphatic carbocycles. The second-order valence-corrected chi connectivity index (χ2v) is 5.41. The van der Waals surface area contributed by atoms with E-state index < -0.39 is 0 Å². The van der Waals surface area contributed by atoms with Crippen molar-refractivity contribution < 1.29 is 4.79 Å². The van der Waals surface area contributed by atoms with Gasteiger partial charge in [-0.15, -0.1) is 0 Å². The molecule has 1 aromatic carbocycles. The Hall–Kier alpha value is -2.40. The quantitative estimate of drug-likeness (QED) is 0.768. The van der Waals surface area contributed by atoms with Crippen LogP contribution in [0.15, 0.2) is 48.8 Å². The van der Waals surface area contributed by atoms with Gasteiger partial charge in [0.1, 0.15) is 0 Å². The maximum atomic E-state index is 11.6. The van der Waals surface area contributed by atoms with Crippen LogP contribution in [-0.2, 0) is 13.1 Å². The highest BCUT2D eigenvalue weighted by Crippen LogP contribution is 2.09. The summed E-state index contributed by atoms with van der Waals surface area (Å²) in [5.41, 5.74) is 3.11. The van der Waals surface area contributed by atoms with Crippen LogP contribution in [0.4, 0.5) is 10.5 Å². The molecule has 1 aromatic heterocycles. The smallest absolute Gasteiger partial charge is 0.319 e. The van der Waals surface area contributed by atoms with Gasteiger partial charge in [0.25, 0.3) is 0 Å². The molecule has 2 rings (SSSR count). The molecule has 0 atom stereocenters. The lowest BCUT2D eigenvalue weighted by molar-refractivity contribution is 0.250. The molecule has 3 N–H and O–H groups in total. The molecule has 0 saturated heterocycles. The number of rotatable bonds is 6. The minimum absolute atomic E-state index is 0.121. The molecular weight excluding hydrogens is 276 g/mol. The average Bonchev–Trinajstić information content (AvgIpc) is 2.49. The van der Waals surface area contributed by atoms with Crippen LogP contribution in [0.5, 0.6) is 0 Å². The van der Waals surface area contributed by atoms with E-state index in [2.05, 4.69) is 20.9 Å². The van der Waals surface area contributed by atoms with E-state index in [-0.39, 0.29) is 12.1 Å². The first-order valence-electron chi connectivity index (χ1n) is 7.39. The number of anilines is 1. The maximum Gasteiger partial charge on any atom is 0.319 e. The molecule has 2 amide bonds. The minimum Gasteiger partial charge on any atom is -0.336 e. The molecule has 1 heterocycles. The second kappa shape index (κ2) is 8.14. The van der Waals surface area contributed by atoms with Gasteiger partial charge in [0.05, 0.1) is 0 Å². The van der Waals surface area contributed by atoms with Gasteiger partial charge in [0.15, 0.2) is 0 Å². The lowest BCUT2D eigenvalue weighted by Gasteiger charge is -2.10. The van der Waals surface area contributed by atoms with Crippen LogP contribution < -0.4 is 16.0 Å². The number of benzene rings is 1. The molecule has 5 heteroatoms. The molecule has 2 aromatic rings. The summed E-state index contributed by atoms with van der Waals surface area (Å²) >= 11 is 0. The van der Waals surface area contributed by atoms with E-state index in [1.807, 2.05) is 56.4 Å². The summed E-state index contributed by atoms with van der Waals surface area (Å²) in [5, 5.41) is 8.96. The predicted molar refractivity (Wildman–Crippen MR) is 88.5 cm³/mol. The number of carbonyl (C=O) groups is 1. The van der Waals surface area contributed by atoms with Crippen LogP contribution in [0, 0.1) is 0 Å². The molecule has 5 nitrogen and oxygen atoms in total. The van der Waals surface area contributed by atoms with Crippen molar-refractivity contribution in [2.24, 2.45) is 0 Å². The molecule has 0 spiro atoms. The lowest BCUT2D eigenvalue weighted by atomic mass is 10.2. The summed E-state index contributed by atoms with van der Waals surface area (Å²) in [6.45, 7) is 5.41. The Bertz CT molecular complexity index is 581. The highest BCUT2D eigenvalue weighted by Gasteiger charge is 2.03. The van der Waals surface area contributed by atoms with E-state index in [1.165, 1.54) is 5.56 Å². The number of aromatic nitrogens is 1. The molecule has 0 radical (unpaired) electrons. The number of carbonyl (C=O) groups excluding carboxylic acids is 1. The number of nitrogens with zero attached hydrogens (tertiary/aromatic N) is 1. The van der Waals surface area contributed by atoms with Gasteiger partial charge < -0.3 is 16.0 Å². The summed E-state index contributed by atoms with van der Waals surface area (Å²) in [5.74, 6) is 0. The van der Waals surface area contributed by atoms with Gasteiger partial charge in [-0.1, -0.05) is 18.2 Å². The number of pyridine rings is 1. The highest BCUT2D eigenvalue weighted by molar-refractivity contribution is 5.89. The van der Waals surface area contributed by atoms with Crippen LogP contribution in [-0.4, -0.2) is 17.1 Å². The molecule has 0 unspecified atom stereocenters. The Morgan fingerprint density at radius 1 is 1.09 bits per heavy atom.